The van der Waals surface area contributed by atoms with Gasteiger partial charge in [-0.25, -0.2) is 5.01 Å². The van der Waals surface area contributed by atoms with Gasteiger partial charge in [0.2, 0.25) is 0 Å². The molecule has 0 aromatic heterocycles. The Morgan fingerprint density at radius 3 is 1.79 bits per heavy atom. The van der Waals surface area contributed by atoms with Gasteiger partial charge in [0, 0.05) is 17.1 Å². The number of nitrogens with one attached hydrogen (secondary N) is 1. The summed E-state index contributed by atoms with van der Waals surface area (Å²) in [5.74, 6) is 0. The number of hydrazine groups is 1. The molecule has 0 spiro atoms. The molecule has 1 N–H and O–H groups in total. The van der Waals surface area contributed by atoms with E-state index in [-0.39, 0.29) is 11.1 Å². The molecule has 0 unspecified atom stereocenters. The van der Waals surface area contributed by atoms with Crippen LogP contribution in [0.5, 0.6) is 0 Å². The predicted octanol–water partition coefficient (Wildman–Crippen LogP) is 2.94. The summed E-state index contributed by atoms with van der Waals surface area (Å²) in [5, 5.41) is 2.47. The van der Waals surface area contributed by atoms with Gasteiger partial charge in [-0.3, -0.25) is 5.43 Å². The first kappa shape index (κ1) is 12.0. The van der Waals surface area contributed by atoms with Crippen LogP contribution >= 0.6 is 0 Å². The van der Waals surface area contributed by atoms with Crippen LogP contribution in [0.25, 0.3) is 0 Å². The smallest absolute Gasteiger partial charge is 0.0304 e. The SMILES string of the molecule is CC(C)NN1C(C)(C)CCCC1(C)C. The highest BCUT2D eigenvalue weighted by Gasteiger charge is 2.41. The summed E-state index contributed by atoms with van der Waals surface area (Å²) in [4.78, 5) is 0. The van der Waals surface area contributed by atoms with E-state index in [2.05, 4.69) is 52.0 Å². The van der Waals surface area contributed by atoms with E-state index >= 15 is 0 Å². The number of nitrogens with zero attached hydrogens (tertiary/aromatic N) is 1. The monoisotopic (exact) mass is 198 g/mol. The van der Waals surface area contributed by atoms with Crippen LogP contribution in [0.4, 0.5) is 0 Å². The molecule has 1 fully saturated rings. The lowest BCUT2D eigenvalue weighted by Gasteiger charge is -2.53. The first-order chi connectivity index (χ1) is 6.26. The van der Waals surface area contributed by atoms with Crippen molar-refractivity contribution >= 4 is 0 Å². The quantitative estimate of drug-likeness (QED) is 0.734. The van der Waals surface area contributed by atoms with Gasteiger partial charge in [-0.2, -0.15) is 0 Å². The largest absolute Gasteiger partial charge is 0.252 e. The lowest BCUT2D eigenvalue weighted by Crippen LogP contribution is -2.65. The van der Waals surface area contributed by atoms with Gasteiger partial charge in [0.15, 0.2) is 0 Å². The van der Waals surface area contributed by atoms with Crippen LogP contribution in [-0.2, 0) is 0 Å². The highest BCUT2D eigenvalue weighted by atomic mass is 15.6. The van der Waals surface area contributed by atoms with Crippen molar-refractivity contribution in [1.82, 2.24) is 10.4 Å². The van der Waals surface area contributed by atoms with E-state index in [0.717, 1.165) is 0 Å². The maximum absolute atomic E-state index is 3.60. The van der Waals surface area contributed by atoms with Gasteiger partial charge >= 0.3 is 0 Å². The number of hydrogen-bond donors (Lipinski definition) is 1. The molecule has 0 amide bonds. The van der Waals surface area contributed by atoms with Crippen molar-refractivity contribution in [3.63, 3.8) is 0 Å². The molecule has 0 bridgehead atoms. The van der Waals surface area contributed by atoms with Gasteiger partial charge in [0.05, 0.1) is 0 Å². The van der Waals surface area contributed by atoms with E-state index in [1.165, 1.54) is 19.3 Å². The minimum absolute atomic E-state index is 0.284. The standard InChI is InChI=1S/C12H26N2/c1-10(2)13-14-11(3,4)8-7-9-12(14,5)6/h10,13H,7-9H2,1-6H3. The topological polar surface area (TPSA) is 15.3 Å². The van der Waals surface area contributed by atoms with Crippen LogP contribution < -0.4 is 5.43 Å². The minimum atomic E-state index is 0.284. The third kappa shape index (κ3) is 2.48. The summed E-state index contributed by atoms with van der Waals surface area (Å²) in [7, 11) is 0. The molecule has 1 saturated heterocycles. The third-order valence-corrected chi connectivity index (χ3v) is 3.18. The van der Waals surface area contributed by atoms with Crippen LogP contribution in [0, 0.1) is 0 Å². The maximum Gasteiger partial charge on any atom is 0.0304 e. The molecule has 84 valence electrons. The van der Waals surface area contributed by atoms with Crippen LogP contribution in [0.1, 0.15) is 60.8 Å². The summed E-state index contributed by atoms with van der Waals surface area (Å²) < 4.78 is 0. The van der Waals surface area contributed by atoms with E-state index in [0.29, 0.717) is 6.04 Å². The fourth-order valence-electron chi connectivity index (χ4n) is 2.60. The summed E-state index contributed by atoms with van der Waals surface area (Å²) in [6.45, 7) is 13.8. The zero-order valence-corrected chi connectivity index (χ0v) is 10.6. The van der Waals surface area contributed by atoms with Gasteiger partial charge in [-0.15, -0.1) is 0 Å². The molecule has 1 aliphatic rings. The predicted molar refractivity (Wildman–Crippen MR) is 62.1 cm³/mol. The van der Waals surface area contributed by atoms with E-state index in [1.54, 1.807) is 0 Å². The molecule has 0 aliphatic carbocycles. The van der Waals surface area contributed by atoms with Gasteiger partial charge in [-0.05, 0) is 60.8 Å². The van der Waals surface area contributed by atoms with E-state index in [1.807, 2.05) is 0 Å². The van der Waals surface area contributed by atoms with Crippen molar-refractivity contribution in [3.8, 4) is 0 Å². The second kappa shape index (κ2) is 3.82. The van der Waals surface area contributed by atoms with E-state index in [9.17, 15) is 0 Å². The first-order valence-corrected chi connectivity index (χ1v) is 5.82. The molecule has 1 heterocycles. The second-order valence-electron chi connectivity index (χ2n) is 6.10. The Bertz CT molecular complexity index is 178. The Morgan fingerprint density at radius 1 is 1.00 bits per heavy atom. The van der Waals surface area contributed by atoms with E-state index in [4.69, 9.17) is 0 Å². The Morgan fingerprint density at radius 2 is 1.43 bits per heavy atom. The van der Waals surface area contributed by atoms with Crippen LogP contribution in [0.2, 0.25) is 0 Å². The third-order valence-electron chi connectivity index (χ3n) is 3.18. The Hall–Kier alpha value is -0.0800. The molecular weight excluding hydrogens is 172 g/mol. The van der Waals surface area contributed by atoms with Crippen molar-refractivity contribution < 1.29 is 0 Å². The number of rotatable bonds is 2. The molecule has 14 heavy (non-hydrogen) atoms. The van der Waals surface area contributed by atoms with Gasteiger partial charge in [0.25, 0.3) is 0 Å². The Balaban J connectivity index is 2.80. The fourth-order valence-corrected chi connectivity index (χ4v) is 2.60. The maximum atomic E-state index is 3.60. The summed E-state index contributed by atoms with van der Waals surface area (Å²) >= 11 is 0. The lowest BCUT2D eigenvalue weighted by atomic mass is 9.81. The summed E-state index contributed by atoms with van der Waals surface area (Å²) in [6, 6.07) is 0.520. The molecule has 0 aromatic carbocycles. The van der Waals surface area contributed by atoms with Gasteiger partial charge in [0.1, 0.15) is 0 Å². The first-order valence-electron chi connectivity index (χ1n) is 5.82. The molecule has 1 rings (SSSR count). The molecule has 0 saturated carbocycles. The van der Waals surface area contributed by atoms with Crippen LogP contribution in [0.15, 0.2) is 0 Å². The van der Waals surface area contributed by atoms with Crippen molar-refractivity contribution in [2.24, 2.45) is 0 Å². The van der Waals surface area contributed by atoms with Crippen molar-refractivity contribution in [1.29, 1.82) is 0 Å². The lowest BCUT2D eigenvalue weighted by molar-refractivity contribution is -0.0772. The van der Waals surface area contributed by atoms with Crippen molar-refractivity contribution in [2.75, 3.05) is 0 Å². The summed E-state index contributed by atoms with van der Waals surface area (Å²) in [5.41, 5.74) is 4.16. The van der Waals surface area contributed by atoms with Gasteiger partial charge < -0.3 is 0 Å². The molecule has 2 nitrogen and oxygen atoms in total. The van der Waals surface area contributed by atoms with Crippen LogP contribution in [0.3, 0.4) is 0 Å². The van der Waals surface area contributed by atoms with Crippen LogP contribution in [-0.4, -0.2) is 22.1 Å². The molecule has 0 atom stereocenters. The highest BCUT2D eigenvalue weighted by molar-refractivity contribution is 4.95. The number of hydrogen-bond acceptors (Lipinski definition) is 2. The molecule has 2 heteroatoms. The average Bonchev–Trinajstić information content (AvgIpc) is 1.96. The Labute approximate surface area is 89.0 Å². The second-order valence-corrected chi connectivity index (χ2v) is 6.10. The fraction of sp³-hybridized carbons (Fsp3) is 1.00. The molecular formula is C12H26N2. The number of piperidine rings is 1. The van der Waals surface area contributed by atoms with Crippen molar-refractivity contribution in [2.45, 2.75) is 77.9 Å². The molecule has 0 aromatic rings. The van der Waals surface area contributed by atoms with Gasteiger partial charge in [-0.1, -0.05) is 0 Å². The van der Waals surface area contributed by atoms with Crippen molar-refractivity contribution in [3.05, 3.63) is 0 Å². The zero-order valence-electron chi connectivity index (χ0n) is 10.6. The average molecular weight is 198 g/mol. The summed E-state index contributed by atoms with van der Waals surface area (Å²) in [6.07, 6.45) is 3.92. The molecule has 0 radical (unpaired) electrons. The van der Waals surface area contributed by atoms with E-state index < -0.39 is 0 Å². The minimum Gasteiger partial charge on any atom is -0.252 e. The normalized spacial score (nSPS) is 26.8. The zero-order chi connectivity index (χ0) is 11.0. The molecule has 1 aliphatic heterocycles. The Kier molecular flexibility index (Phi) is 3.27. The highest BCUT2D eigenvalue weighted by Crippen LogP contribution is 2.36.